The van der Waals surface area contributed by atoms with Crippen LogP contribution in [0, 0.1) is 24.0 Å². The number of fused-ring (bicyclic) bond motifs is 5. The molecular formula is C67H93F3N6O7. The second-order valence-electron chi connectivity index (χ2n) is 24.2. The van der Waals surface area contributed by atoms with Gasteiger partial charge in [0, 0.05) is 56.0 Å². The average molecular weight is 1150 g/mol. The molecule has 454 valence electrons. The molecule has 2 aromatic carbocycles. The summed E-state index contributed by atoms with van der Waals surface area (Å²) in [6.07, 6.45) is 40.6. The largest absolute Gasteiger partial charge is 0.461 e. The van der Waals surface area contributed by atoms with Gasteiger partial charge in [-0.25, -0.2) is 18.0 Å². The monoisotopic (exact) mass is 1150 g/mol. The van der Waals surface area contributed by atoms with Crippen molar-refractivity contribution < 1.29 is 46.5 Å². The minimum Gasteiger partial charge on any atom is -0.461 e. The quantitative estimate of drug-likeness (QED) is 0.0141. The summed E-state index contributed by atoms with van der Waals surface area (Å²) >= 11 is 0. The molecule has 0 unspecified atom stereocenters. The zero-order valence-electron chi connectivity index (χ0n) is 49.9. The Morgan fingerprint density at radius 3 is 1.89 bits per heavy atom. The highest BCUT2D eigenvalue weighted by molar-refractivity contribution is 6.03. The van der Waals surface area contributed by atoms with Gasteiger partial charge in [0.25, 0.3) is 0 Å². The molecule has 4 fully saturated rings. The Labute approximate surface area is 491 Å². The normalized spacial score (nSPS) is 19.4. The number of rotatable bonds is 36. The van der Waals surface area contributed by atoms with Gasteiger partial charge in [-0.1, -0.05) is 180 Å². The summed E-state index contributed by atoms with van der Waals surface area (Å²) in [4.78, 5) is 59.7. The van der Waals surface area contributed by atoms with Gasteiger partial charge in [-0.2, -0.15) is 9.97 Å². The first-order valence-corrected chi connectivity index (χ1v) is 32.2. The van der Waals surface area contributed by atoms with Crippen LogP contribution in [-0.4, -0.2) is 106 Å². The van der Waals surface area contributed by atoms with Crippen molar-refractivity contribution in [2.75, 3.05) is 44.5 Å². The summed E-state index contributed by atoms with van der Waals surface area (Å²) in [7, 11) is 0. The van der Waals surface area contributed by atoms with Crippen LogP contribution >= 0.6 is 0 Å². The Kier molecular flexibility index (Phi) is 24.8. The fraction of sp³-hybridized carbons (Fsp3) is 0.672. The van der Waals surface area contributed by atoms with E-state index in [1.54, 1.807) is 11.0 Å². The van der Waals surface area contributed by atoms with E-state index in [0.717, 1.165) is 57.9 Å². The van der Waals surface area contributed by atoms with Crippen molar-refractivity contribution in [3.8, 4) is 35.4 Å². The molecule has 4 aliphatic heterocycles. The van der Waals surface area contributed by atoms with E-state index in [4.69, 9.17) is 30.4 Å². The number of anilines is 1. The zero-order valence-corrected chi connectivity index (χ0v) is 49.9. The lowest BCUT2D eigenvalue weighted by Crippen LogP contribution is -2.56. The van der Waals surface area contributed by atoms with Crippen LogP contribution in [0.1, 0.15) is 231 Å². The number of carbonyl (C=O) groups excluding carboxylic acids is 3. The number of hydrogen-bond acceptors (Lipinski definition) is 12. The lowest BCUT2D eigenvalue weighted by molar-refractivity contribution is -0.152. The molecule has 0 radical (unpaired) electrons. The third-order valence-electron chi connectivity index (χ3n) is 17.9. The van der Waals surface area contributed by atoms with Gasteiger partial charge in [0.2, 0.25) is 6.79 Å². The Balaban J connectivity index is 0.926. The molecule has 0 N–H and O–H groups in total. The highest BCUT2D eigenvalue weighted by atomic mass is 19.1. The molecule has 0 aliphatic carbocycles. The van der Waals surface area contributed by atoms with E-state index < -0.39 is 48.2 Å². The second-order valence-corrected chi connectivity index (χ2v) is 24.2. The number of ether oxygens (including phenoxy) is 4. The molecule has 83 heavy (non-hydrogen) atoms. The van der Waals surface area contributed by atoms with E-state index in [2.05, 4.69) is 34.6 Å². The predicted octanol–water partition coefficient (Wildman–Crippen LogP) is 16.2. The van der Waals surface area contributed by atoms with Gasteiger partial charge in [0.05, 0.1) is 28.6 Å². The summed E-state index contributed by atoms with van der Waals surface area (Å²) in [6, 6.07) is 5.09. The number of carbonyl (C=O) groups is 3. The van der Waals surface area contributed by atoms with Crippen LogP contribution in [0.2, 0.25) is 0 Å². The average Bonchev–Trinajstić information content (AvgIpc) is 3.91. The minimum absolute atomic E-state index is 0.0922. The number of alkyl halides is 1. The molecule has 2 aromatic heterocycles. The van der Waals surface area contributed by atoms with Crippen LogP contribution in [0.15, 0.2) is 30.5 Å². The van der Waals surface area contributed by atoms with E-state index in [-0.39, 0.29) is 76.4 Å². The molecule has 6 heterocycles. The van der Waals surface area contributed by atoms with Crippen molar-refractivity contribution in [2.45, 2.75) is 250 Å². The number of pyridine rings is 1. The molecular weight excluding hydrogens is 1060 g/mol. The first kappa shape index (κ1) is 63.3. The Bertz CT molecular complexity index is 2780. The molecule has 0 spiro atoms. The lowest BCUT2D eigenvalue weighted by Gasteiger charge is -2.41. The molecule has 8 rings (SSSR count). The Morgan fingerprint density at radius 1 is 0.723 bits per heavy atom. The van der Waals surface area contributed by atoms with Crippen molar-refractivity contribution >= 4 is 45.5 Å². The first-order chi connectivity index (χ1) is 40.5. The minimum atomic E-state index is -1.00. The predicted molar refractivity (Wildman–Crippen MR) is 321 cm³/mol. The van der Waals surface area contributed by atoms with Gasteiger partial charge in [-0.3, -0.25) is 24.4 Å². The molecule has 13 nitrogen and oxygen atoms in total. The topological polar surface area (TPSA) is 137 Å². The number of piperazine rings is 1. The van der Waals surface area contributed by atoms with E-state index in [1.807, 2.05) is 4.90 Å². The Morgan fingerprint density at radius 2 is 1.30 bits per heavy atom. The van der Waals surface area contributed by atoms with Crippen LogP contribution in [0.25, 0.3) is 32.9 Å². The van der Waals surface area contributed by atoms with Crippen LogP contribution in [0.5, 0.6) is 11.8 Å². The molecule has 4 saturated heterocycles. The summed E-state index contributed by atoms with van der Waals surface area (Å²) < 4.78 is 71.6. The van der Waals surface area contributed by atoms with E-state index >= 15 is 8.78 Å². The number of hydrogen-bond donors (Lipinski definition) is 0. The molecule has 0 saturated carbocycles. The number of amides is 1. The van der Waals surface area contributed by atoms with Crippen LogP contribution in [0.3, 0.4) is 0 Å². The highest BCUT2D eigenvalue weighted by Crippen LogP contribution is 2.43. The number of terminal acetylenes is 1. The molecule has 4 atom stereocenters. The van der Waals surface area contributed by atoms with Crippen molar-refractivity contribution in [1.29, 1.82) is 0 Å². The van der Waals surface area contributed by atoms with Crippen molar-refractivity contribution in [2.24, 2.45) is 0 Å². The SMILES string of the molecule is C#Cc1c(F)ccc2cc(OC(=O)CCCCCCCCCCCCCCC)cc(-c3ncc4c(N5C[C@H]6CC[C@@H](C5)N6C(=O)OCOC(=O)CCCCCCCCCCCCCCC)nc(OC[C@@]56CCCN5C[C@H](F)C6)nc4c3F)c12. The summed E-state index contributed by atoms with van der Waals surface area (Å²) in [5, 5.41) is 0.905. The zero-order chi connectivity index (χ0) is 58.4. The van der Waals surface area contributed by atoms with Gasteiger partial charge in [0.1, 0.15) is 41.4 Å². The maximum absolute atomic E-state index is 17.8. The van der Waals surface area contributed by atoms with Gasteiger partial charge in [0.15, 0.2) is 5.82 Å². The lowest BCUT2D eigenvalue weighted by atomic mass is 9.95. The fourth-order valence-electron chi connectivity index (χ4n) is 13.4. The smallest absolute Gasteiger partial charge is 0.413 e. The maximum Gasteiger partial charge on any atom is 0.413 e. The van der Waals surface area contributed by atoms with E-state index in [1.165, 1.54) is 146 Å². The molecule has 16 heteroatoms. The molecule has 4 aromatic rings. The van der Waals surface area contributed by atoms with Crippen LogP contribution in [-0.2, 0) is 19.1 Å². The molecule has 4 aliphatic rings. The standard InChI is InChI=1S/C67H93F3N6O7/c1-4-7-9-11-13-15-17-19-21-23-25-27-29-32-58(77)81-48-82-66(79)76-51-35-36-52(76)46-74(45-51)64-56-43-71-62(61(70)63(56)72-65(73-64)80-47-67-38-31-39-75(67)44-50(68)42-67)55-41-53(40-49-34-37-57(69)54(6-3)60(49)55)83-59(78)33-30-28-26-24-22-20-18-16-14-12-10-8-5-2/h3,34,37,40-41,43,50-52H,4-5,7-33,35-36,38-39,42,44-48H2,1-2H3/t50-,51-,52+,67+/m1/s1. The molecule has 2 bridgehead atoms. The number of halogens is 3. The van der Waals surface area contributed by atoms with Crippen molar-refractivity contribution in [1.82, 2.24) is 24.8 Å². The van der Waals surface area contributed by atoms with Gasteiger partial charge < -0.3 is 23.8 Å². The van der Waals surface area contributed by atoms with E-state index in [9.17, 15) is 18.8 Å². The summed E-state index contributed by atoms with van der Waals surface area (Å²) in [5.41, 5.74) is -0.878. The second kappa shape index (κ2) is 32.6. The van der Waals surface area contributed by atoms with Gasteiger partial charge in [-0.15, -0.1) is 6.42 Å². The van der Waals surface area contributed by atoms with Crippen molar-refractivity contribution in [3.63, 3.8) is 0 Å². The number of esters is 2. The van der Waals surface area contributed by atoms with Crippen molar-refractivity contribution in [3.05, 3.63) is 47.7 Å². The molecule has 1 amide bonds. The summed E-state index contributed by atoms with van der Waals surface area (Å²) in [5.74, 6) is 0.536. The van der Waals surface area contributed by atoms with Crippen LogP contribution in [0.4, 0.5) is 23.8 Å². The third-order valence-corrected chi connectivity index (χ3v) is 17.9. The number of benzene rings is 2. The van der Waals surface area contributed by atoms with Gasteiger partial charge >= 0.3 is 24.0 Å². The number of aromatic nitrogens is 3. The highest BCUT2D eigenvalue weighted by Gasteiger charge is 2.50. The van der Waals surface area contributed by atoms with E-state index in [0.29, 0.717) is 56.5 Å². The maximum atomic E-state index is 17.8. The first-order valence-electron chi connectivity index (χ1n) is 32.2. The summed E-state index contributed by atoms with van der Waals surface area (Å²) in [6.45, 7) is 5.78. The fourth-order valence-corrected chi connectivity index (χ4v) is 13.4. The Hall–Kier alpha value is -5.69. The third kappa shape index (κ3) is 17.5. The number of nitrogens with zero attached hydrogens (tertiary/aromatic N) is 6. The number of unbranched alkanes of at least 4 members (excludes halogenated alkanes) is 24. The van der Waals surface area contributed by atoms with Crippen LogP contribution < -0.4 is 14.4 Å². The van der Waals surface area contributed by atoms with Gasteiger partial charge in [-0.05, 0) is 68.7 Å².